The number of amides is 1. The maximum Gasteiger partial charge on any atom is 0.411 e. The van der Waals surface area contributed by atoms with E-state index >= 15 is 0 Å². The Hall–Kier alpha value is -1.59. The molecule has 5 nitrogen and oxygen atoms in total. The summed E-state index contributed by atoms with van der Waals surface area (Å²) in [6, 6.07) is 7.37. The SMILES string of the molecule is CN(C)CCOC(=O)Nc1cccc(CN)c1. The molecule has 0 radical (unpaired) electrons. The smallest absolute Gasteiger partial charge is 0.411 e. The number of benzene rings is 1. The molecule has 17 heavy (non-hydrogen) atoms. The van der Waals surface area contributed by atoms with Crippen LogP contribution in [0.2, 0.25) is 0 Å². The molecule has 1 amide bonds. The summed E-state index contributed by atoms with van der Waals surface area (Å²) in [4.78, 5) is 13.4. The molecule has 0 atom stereocenters. The van der Waals surface area contributed by atoms with Gasteiger partial charge in [0.05, 0.1) is 0 Å². The van der Waals surface area contributed by atoms with Crippen LogP contribution in [0.25, 0.3) is 0 Å². The minimum Gasteiger partial charge on any atom is -0.448 e. The van der Waals surface area contributed by atoms with Crippen LogP contribution in [0.4, 0.5) is 10.5 Å². The van der Waals surface area contributed by atoms with Crippen LogP contribution in [-0.4, -0.2) is 38.2 Å². The highest BCUT2D eigenvalue weighted by atomic mass is 16.5. The van der Waals surface area contributed by atoms with Gasteiger partial charge in [0.2, 0.25) is 0 Å². The number of hydrogen-bond acceptors (Lipinski definition) is 4. The lowest BCUT2D eigenvalue weighted by Crippen LogP contribution is -2.22. The monoisotopic (exact) mass is 237 g/mol. The maximum atomic E-state index is 11.4. The Labute approximate surface area is 102 Å². The third-order valence-electron chi connectivity index (χ3n) is 2.18. The number of carbonyl (C=O) groups excluding carboxylic acids is 1. The Kier molecular flexibility index (Phi) is 5.45. The summed E-state index contributed by atoms with van der Waals surface area (Å²) in [6.07, 6.45) is -0.443. The van der Waals surface area contributed by atoms with E-state index in [2.05, 4.69) is 5.32 Å². The van der Waals surface area contributed by atoms with Crippen LogP contribution in [0.5, 0.6) is 0 Å². The number of nitrogens with one attached hydrogen (secondary N) is 1. The molecule has 1 aromatic carbocycles. The standard InChI is InChI=1S/C12H19N3O2/c1-15(2)6-7-17-12(16)14-11-5-3-4-10(8-11)9-13/h3-5,8H,6-7,9,13H2,1-2H3,(H,14,16). The fourth-order valence-corrected chi connectivity index (χ4v) is 1.25. The molecule has 0 saturated heterocycles. The van der Waals surface area contributed by atoms with Crippen LogP contribution in [0.15, 0.2) is 24.3 Å². The number of carbonyl (C=O) groups is 1. The van der Waals surface area contributed by atoms with Crippen molar-refractivity contribution in [2.75, 3.05) is 32.6 Å². The molecule has 0 bridgehead atoms. The zero-order valence-electron chi connectivity index (χ0n) is 10.3. The number of hydrogen-bond donors (Lipinski definition) is 2. The van der Waals surface area contributed by atoms with Gasteiger partial charge in [-0.05, 0) is 31.8 Å². The van der Waals surface area contributed by atoms with Gasteiger partial charge in [0.15, 0.2) is 0 Å². The molecule has 0 aliphatic rings. The second-order valence-corrected chi connectivity index (χ2v) is 3.97. The number of rotatable bonds is 5. The highest BCUT2D eigenvalue weighted by molar-refractivity contribution is 5.84. The van der Waals surface area contributed by atoms with Crippen molar-refractivity contribution in [1.82, 2.24) is 4.90 Å². The summed E-state index contributed by atoms with van der Waals surface area (Å²) in [6.45, 7) is 1.52. The van der Waals surface area contributed by atoms with Crippen molar-refractivity contribution in [3.8, 4) is 0 Å². The van der Waals surface area contributed by atoms with Gasteiger partial charge in [-0.2, -0.15) is 0 Å². The van der Waals surface area contributed by atoms with E-state index in [0.29, 0.717) is 25.4 Å². The van der Waals surface area contributed by atoms with Crippen LogP contribution < -0.4 is 11.1 Å². The highest BCUT2D eigenvalue weighted by Crippen LogP contribution is 2.10. The highest BCUT2D eigenvalue weighted by Gasteiger charge is 2.03. The first-order chi connectivity index (χ1) is 8.11. The van der Waals surface area contributed by atoms with Gasteiger partial charge in [-0.15, -0.1) is 0 Å². The third-order valence-corrected chi connectivity index (χ3v) is 2.18. The molecule has 1 aromatic rings. The summed E-state index contributed by atoms with van der Waals surface area (Å²) < 4.78 is 5.01. The second kappa shape index (κ2) is 6.88. The van der Waals surface area contributed by atoms with Crippen molar-refractivity contribution >= 4 is 11.8 Å². The first-order valence-corrected chi connectivity index (χ1v) is 5.49. The number of nitrogens with zero attached hydrogens (tertiary/aromatic N) is 1. The van der Waals surface area contributed by atoms with Crippen LogP contribution in [0, 0.1) is 0 Å². The van der Waals surface area contributed by atoms with E-state index in [4.69, 9.17) is 10.5 Å². The molecule has 3 N–H and O–H groups in total. The Morgan fingerprint density at radius 3 is 2.88 bits per heavy atom. The zero-order valence-corrected chi connectivity index (χ0v) is 10.3. The normalized spacial score (nSPS) is 10.4. The van der Waals surface area contributed by atoms with Crippen LogP contribution in [0.3, 0.4) is 0 Å². The fourth-order valence-electron chi connectivity index (χ4n) is 1.25. The molecular weight excluding hydrogens is 218 g/mol. The van der Waals surface area contributed by atoms with Gasteiger partial charge in [-0.1, -0.05) is 12.1 Å². The zero-order chi connectivity index (χ0) is 12.7. The summed E-state index contributed by atoms with van der Waals surface area (Å²) in [5.41, 5.74) is 7.18. The summed E-state index contributed by atoms with van der Waals surface area (Å²) in [5.74, 6) is 0. The van der Waals surface area contributed by atoms with E-state index in [9.17, 15) is 4.79 Å². The summed E-state index contributed by atoms with van der Waals surface area (Å²) in [7, 11) is 3.85. The molecule has 1 rings (SSSR count). The van der Waals surface area contributed by atoms with Gasteiger partial charge in [-0.25, -0.2) is 4.79 Å². The molecule has 0 aliphatic carbocycles. The van der Waals surface area contributed by atoms with Crippen molar-refractivity contribution in [3.05, 3.63) is 29.8 Å². The molecule has 0 heterocycles. The first-order valence-electron chi connectivity index (χ1n) is 5.49. The number of nitrogens with two attached hydrogens (primary N) is 1. The van der Waals surface area contributed by atoms with E-state index in [0.717, 1.165) is 5.56 Å². The Balaban J connectivity index is 2.39. The largest absolute Gasteiger partial charge is 0.448 e. The number of likely N-dealkylation sites (N-methyl/N-ethyl adjacent to an activating group) is 1. The van der Waals surface area contributed by atoms with Crippen molar-refractivity contribution in [2.24, 2.45) is 5.73 Å². The average molecular weight is 237 g/mol. The van der Waals surface area contributed by atoms with Gasteiger partial charge in [0.1, 0.15) is 6.61 Å². The van der Waals surface area contributed by atoms with Crippen LogP contribution >= 0.6 is 0 Å². The second-order valence-electron chi connectivity index (χ2n) is 3.97. The van der Waals surface area contributed by atoms with Crippen molar-refractivity contribution in [3.63, 3.8) is 0 Å². The summed E-state index contributed by atoms with van der Waals surface area (Å²) >= 11 is 0. The van der Waals surface area contributed by atoms with Crippen LogP contribution in [-0.2, 0) is 11.3 Å². The molecule has 0 aliphatic heterocycles. The van der Waals surface area contributed by atoms with Gasteiger partial charge >= 0.3 is 6.09 Å². The number of anilines is 1. The third kappa shape index (κ3) is 5.33. The Bertz CT molecular complexity index is 367. The maximum absolute atomic E-state index is 11.4. The lowest BCUT2D eigenvalue weighted by Gasteiger charge is -2.11. The summed E-state index contributed by atoms with van der Waals surface area (Å²) in [5, 5.41) is 2.66. The van der Waals surface area contributed by atoms with Gasteiger partial charge < -0.3 is 15.4 Å². The van der Waals surface area contributed by atoms with E-state index in [1.165, 1.54) is 0 Å². The van der Waals surface area contributed by atoms with Crippen molar-refractivity contribution in [2.45, 2.75) is 6.54 Å². The molecular formula is C12H19N3O2. The molecule has 5 heteroatoms. The molecule has 0 fully saturated rings. The molecule has 0 aromatic heterocycles. The quantitative estimate of drug-likeness (QED) is 0.809. The average Bonchev–Trinajstić information content (AvgIpc) is 2.28. The molecule has 0 spiro atoms. The van der Waals surface area contributed by atoms with E-state index in [1.54, 1.807) is 6.07 Å². The Morgan fingerprint density at radius 1 is 1.47 bits per heavy atom. The Morgan fingerprint density at radius 2 is 2.24 bits per heavy atom. The van der Waals surface area contributed by atoms with Crippen LogP contribution in [0.1, 0.15) is 5.56 Å². The van der Waals surface area contributed by atoms with Crippen molar-refractivity contribution in [1.29, 1.82) is 0 Å². The lowest BCUT2D eigenvalue weighted by atomic mass is 10.2. The molecule has 0 unspecified atom stereocenters. The minimum absolute atomic E-state index is 0.370. The first kappa shape index (κ1) is 13.5. The number of ether oxygens (including phenoxy) is 1. The van der Waals surface area contributed by atoms with E-state index in [1.807, 2.05) is 37.2 Å². The predicted octanol–water partition coefficient (Wildman–Crippen LogP) is 1.26. The van der Waals surface area contributed by atoms with Gasteiger partial charge in [-0.3, -0.25) is 5.32 Å². The topological polar surface area (TPSA) is 67.6 Å². The molecule has 0 saturated carbocycles. The van der Waals surface area contributed by atoms with Gasteiger partial charge in [0.25, 0.3) is 0 Å². The lowest BCUT2D eigenvalue weighted by molar-refractivity contribution is 0.151. The van der Waals surface area contributed by atoms with Gasteiger partial charge in [0, 0.05) is 18.8 Å². The van der Waals surface area contributed by atoms with Crippen molar-refractivity contribution < 1.29 is 9.53 Å². The predicted molar refractivity (Wildman–Crippen MR) is 67.9 cm³/mol. The minimum atomic E-state index is -0.443. The fraction of sp³-hybridized carbons (Fsp3) is 0.417. The van der Waals surface area contributed by atoms with E-state index in [-0.39, 0.29) is 0 Å². The van der Waals surface area contributed by atoms with E-state index < -0.39 is 6.09 Å². The molecule has 94 valence electrons.